The van der Waals surface area contributed by atoms with Crippen molar-refractivity contribution in [3.63, 3.8) is 0 Å². The lowest BCUT2D eigenvalue weighted by Gasteiger charge is -2.00. The summed E-state index contributed by atoms with van der Waals surface area (Å²) in [5.74, 6) is 0.212. The fourth-order valence-corrected chi connectivity index (χ4v) is 4.26. The molecule has 2 amide bonds. The van der Waals surface area contributed by atoms with Crippen molar-refractivity contribution in [2.24, 2.45) is 0 Å². The predicted molar refractivity (Wildman–Crippen MR) is 107 cm³/mol. The Morgan fingerprint density at radius 1 is 1.04 bits per heavy atom. The third-order valence-electron chi connectivity index (χ3n) is 3.42. The first-order chi connectivity index (χ1) is 13.2. The second-order valence-electron chi connectivity index (χ2n) is 5.35. The smallest absolute Gasteiger partial charge is 0.258 e. The van der Waals surface area contributed by atoms with Gasteiger partial charge in [0, 0.05) is 16.1 Å². The van der Waals surface area contributed by atoms with E-state index in [-0.39, 0.29) is 18.2 Å². The first-order valence-electron chi connectivity index (χ1n) is 7.74. The normalized spacial score (nSPS) is 10.7. The van der Waals surface area contributed by atoms with Gasteiger partial charge in [0.15, 0.2) is 16.0 Å². The molecule has 0 aliphatic rings. The highest BCUT2D eigenvalue weighted by molar-refractivity contribution is 7.14. The predicted octanol–water partition coefficient (Wildman–Crippen LogP) is 4.35. The number of nitrogens with one attached hydrogen (secondary N) is 2. The maximum atomic E-state index is 12.2. The maximum Gasteiger partial charge on any atom is 0.258 e. The molecule has 0 unspecified atom stereocenters. The Balaban J connectivity index is 1.33. The number of thiazole rings is 2. The zero-order valence-electron chi connectivity index (χ0n) is 13.7. The number of hydrogen-bond acceptors (Lipinski definition) is 8. The molecule has 4 rings (SSSR count). The lowest BCUT2D eigenvalue weighted by atomic mass is 10.3. The molecule has 4 aromatic heterocycles. The van der Waals surface area contributed by atoms with E-state index >= 15 is 0 Å². The fraction of sp³-hybridized carbons (Fsp3) is 0.0588. The van der Waals surface area contributed by atoms with Gasteiger partial charge in [-0.2, -0.15) is 11.3 Å². The topological polar surface area (TPSA) is 97.1 Å². The van der Waals surface area contributed by atoms with Gasteiger partial charge in [-0.1, -0.05) is 0 Å². The SMILES string of the molecule is O=C(Cc1csc(NC(=O)c2ccsc2)n1)Nc1nc(-c2ccco2)cs1. The number of nitrogens with zero attached hydrogens (tertiary/aromatic N) is 2. The van der Waals surface area contributed by atoms with Crippen LogP contribution in [0.2, 0.25) is 0 Å². The Kier molecular flexibility index (Phi) is 5.10. The summed E-state index contributed by atoms with van der Waals surface area (Å²) >= 11 is 4.05. The molecule has 136 valence electrons. The van der Waals surface area contributed by atoms with E-state index < -0.39 is 0 Å². The number of anilines is 2. The minimum Gasteiger partial charge on any atom is -0.463 e. The van der Waals surface area contributed by atoms with Gasteiger partial charge in [-0.3, -0.25) is 14.9 Å². The highest BCUT2D eigenvalue weighted by Gasteiger charge is 2.13. The van der Waals surface area contributed by atoms with E-state index in [9.17, 15) is 9.59 Å². The lowest BCUT2D eigenvalue weighted by Crippen LogP contribution is -2.15. The Morgan fingerprint density at radius 3 is 2.67 bits per heavy atom. The van der Waals surface area contributed by atoms with Crippen molar-refractivity contribution >= 4 is 56.1 Å². The number of amides is 2. The number of aromatic nitrogens is 2. The van der Waals surface area contributed by atoms with E-state index in [0.717, 1.165) is 0 Å². The zero-order valence-corrected chi connectivity index (χ0v) is 16.1. The third kappa shape index (κ3) is 4.30. The second kappa shape index (κ2) is 7.82. The quantitative estimate of drug-likeness (QED) is 0.487. The van der Waals surface area contributed by atoms with E-state index in [1.54, 1.807) is 29.2 Å². The standard InChI is InChI=1S/C17H12N4O3S3/c22-14(20-17-19-12(9-27-17)13-2-1-4-24-13)6-11-8-26-16(18-11)21-15(23)10-3-5-25-7-10/h1-5,7-9H,6H2,(H,18,21,23)(H,19,20,22). The molecular weight excluding hydrogens is 404 g/mol. The van der Waals surface area contributed by atoms with Crippen LogP contribution in [-0.2, 0) is 11.2 Å². The average Bonchev–Trinajstić information content (AvgIpc) is 3.43. The molecular formula is C17H12N4O3S3. The van der Waals surface area contributed by atoms with Crippen LogP contribution in [0.5, 0.6) is 0 Å². The number of carbonyl (C=O) groups excluding carboxylic acids is 2. The molecule has 4 heterocycles. The number of thiophene rings is 1. The Hall–Kier alpha value is -2.82. The highest BCUT2D eigenvalue weighted by Crippen LogP contribution is 2.25. The van der Waals surface area contributed by atoms with Gasteiger partial charge in [-0.25, -0.2) is 9.97 Å². The summed E-state index contributed by atoms with van der Waals surface area (Å²) in [5.41, 5.74) is 1.85. The van der Waals surface area contributed by atoms with Crippen LogP contribution >= 0.6 is 34.0 Å². The van der Waals surface area contributed by atoms with Crippen LogP contribution in [0.15, 0.2) is 50.4 Å². The summed E-state index contributed by atoms with van der Waals surface area (Å²) in [6.07, 6.45) is 1.67. The van der Waals surface area contributed by atoms with Gasteiger partial charge < -0.3 is 9.73 Å². The van der Waals surface area contributed by atoms with Gasteiger partial charge in [0.25, 0.3) is 5.91 Å². The molecule has 0 aliphatic heterocycles. The van der Waals surface area contributed by atoms with Crippen molar-refractivity contribution in [1.29, 1.82) is 0 Å². The number of furan rings is 1. The minimum absolute atomic E-state index is 0.0977. The van der Waals surface area contributed by atoms with Gasteiger partial charge in [0.1, 0.15) is 5.69 Å². The molecule has 27 heavy (non-hydrogen) atoms. The molecule has 0 saturated carbocycles. The van der Waals surface area contributed by atoms with Crippen LogP contribution in [0, 0.1) is 0 Å². The molecule has 7 nitrogen and oxygen atoms in total. The fourth-order valence-electron chi connectivity index (χ4n) is 2.21. The van der Waals surface area contributed by atoms with Crippen molar-refractivity contribution < 1.29 is 14.0 Å². The summed E-state index contributed by atoms with van der Waals surface area (Å²) in [4.78, 5) is 32.8. The molecule has 10 heteroatoms. The van der Waals surface area contributed by atoms with Crippen LogP contribution < -0.4 is 10.6 Å². The Morgan fingerprint density at radius 2 is 1.89 bits per heavy atom. The zero-order chi connectivity index (χ0) is 18.6. The monoisotopic (exact) mass is 416 g/mol. The molecule has 0 aliphatic carbocycles. The van der Waals surface area contributed by atoms with E-state index in [4.69, 9.17) is 4.42 Å². The molecule has 0 aromatic carbocycles. The van der Waals surface area contributed by atoms with Crippen LogP contribution in [-0.4, -0.2) is 21.8 Å². The van der Waals surface area contributed by atoms with Crippen molar-refractivity contribution in [3.8, 4) is 11.5 Å². The molecule has 0 saturated heterocycles. The van der Waals surface area contributed by atoms with Crippen LogP contribution in [0.4, 0.5) is 10.3 Å². The minimum atomic E-state index is -0.226. The second-order valence-corrected chi connectivity index (χ2v) is 7.85. The van der Waals surface area contributed by atoms with E-state index in [2.05, 4.69) is 20.6 Å². The largest absolute Gasteiger partial charge is 0.463 e. The number of carbonyl (C=O) groups is 2. The molecule has 0 radical (unpaired) electrons. The van der Waals surface area contributed by atoms with Crippen molar-refractivity contribution in [2.75, 3.05) is 10.6 Å². The third-order valence-corrected chi connectivity index (χ3v) is 5.67. The summed E-state index contributed by atoms with van der Waals surface area (Å²) in [6.45, 7) is 0. The molecule has 0 atom stereocenters. The average molecular weight is 417 g/mol. The van der Waals surface area contributed by atoms with Crippen molar-refractivity contribution in [2.45, 2.75) is 6.42 Å². The van der Waals surface area contributed by atoms with Gasteiger partial charge in [0.2, 0.25) is 5.91 Å². The lowest BCUT2D eigenvalue weighted by molar-refractivity contribution is -0.115. The first-order valence-corrected chi connectivity index (χ1v) is 10.4. The molecule has 2 N–H and O–H groups in total. The van der Waals surface area contributed by atoms with Gasteiger partial charge in [-0.05, 0) is 23.6 Å². The Bertz CT molecular complexity index is 1050. The molecule has 0 spiro atoms. The van der Waals surface area contributed by atoms with E-state index in [0.29, 0.717) is 33.0 Å². The van der Waals surface area contributed by atoms with Crippen LogP contribution in [0.3, 0.4) is 0 Å². The van der Waals surface area contributed by atoms with Gasteiger partial charge in [0.05, 0.1) is 23.9 Å². The molecule has 0 bridgehead atoms. The molecule has 4 aromatic rings. The highest BCUT2D eigenvalue weighted by atomic mass is 32.1. The summed E-state index contributed by atoms with van der Waals surface area (Å²) in [7, 11) is 0. The number of rotatable bonds is 6. The molecule has 0 fully saturated rings. The van der Waals surface area contributed by atoms with Crippen LogP contribution in [0.25, 0.3) is 11.5 Å². The maximum absolute atomic E-state index is 12.2. The number of hydrogen-bond donors (Lipinski definition) is 2. The van der Waals surface area contributed by atoms with E-state index in [1.165, 1.54) is 34.0 Å². The van der Waals surface area contributed by atoms with Crippen molar-refractivity contribution in [1.82, 2.24) is 9.97 Å². The van der Waals surface area contributed by atoms with Crippen molar-refractivity contribution in [3.05, 3.63) is 57.2 Å². The summed E-state index contributed by atoms with van der Waals surface area (Å²) in [6, 6.07) is 5.33. The van der Waals surface area contributed by atoms with Gasteiger partial charge >= 0.3 is 0 Å². The van der Waals surface area contributed by atoms with Gasteiger partial charge in [-0.15, -0.1) is 22.7 Å². The Labute approximate surface area is 165 Å². The summed E-state index contributed by atoms with van der Waals surface area (Å²) < 4.78 is 5.28. The van der Waals surface area contributed by atoms with E-state index in [1.807, 2.05) is 16.8 Å². The first kappa shape index (κ1) is 17.6. The van der Waals surface area contributed by atoms with Crippen LogP contribution in [0.1, 0.15) is 16.1 Å². The summed E-state index contributed by atoms with van der Waals surface area (Å²) in [5, 5.41) is 13.6.